The number of aliphatic hydroxyl groups excluding tert-OH is 1. The highest BCUT2D eigenvalue weighted by Gasteiger charge is 2.61. The van der Waals surface area contributed by atoms with Crippen molar-refractivity contribution in [2.75, 3.05) is 6.61 Å². The zero-order chi connectivity index (χ0) is 12.0. The van der Waals surface area contributed by atoms with Gasteiger partial charge >= 0.3 is 0 Å². The van der Waals surface area contributed by atoms with Crippen molar-refractivity contribution in [1.82, 2.24) is 5.32 Å². The van der Waals surface area contributed by atoms with Gasteiger partial charge in [0.2, 0.25) is 0 Å². The Kier molecular flexibility index (Phi) is 3.09. The van der Waals surface area contributed by atoms with Gasteiger partial charge in [0.05, 0.1) is 6.61 Å². The van der Waals surface area contributed by atoms with Crippen LogP contribution in [-0.2, 0) is 0 Å². The quantitative estimate of drug-likeness (QED) is 0.770. The van der Waals surface area contributed by atoms with E-state index >= 15 is 0 Å². The maximum atomic E-state index is 9.31. The van der Waals surface area contributed by atoms with E-state index in [1.165, 1.54) is 19.3 Å². The van der Waals surface area contributed by atoms with Crippen molar-refractivity contribution in [2.24, 2.45) is 16.7 Å². The normalized spacial score (nSPS) is 42.6. The Balaban J connectivity index is 2.09. The average molecular weight is 225 g/mol. The van der Waals surface area contributed by atoms with Crippen LogP contribution in [0.1, 0.15) is 53.4 Å². The lowest BCUT2D eigenvalue weighted by Gasteiger charge is -2.41. The van der Waals surface area contributed by atoms with Crippen molar-refractivity contribution in [3.63, 3.8) is 0 Å². The van der Waals surface area contributed by atoms with E-state index in [-0.39, 0.29) is 12.6 Å². The van der Waals surface area contributed by atoms with Gasteiger partial charge in [0.25, 0.3) is 0 Å². The fourth-order valence-corrected chi connectivity index (χ4v) is 4.04. The Labute approximate surface area is 99.8 Å². The summed E-state index contributed by atoms with van der Waals surface area (Å²) in [6, 6.07) is 0.898. The summed E-state index contributed by atoms with van der Waals surface area (Å²) >= 11 is 0. The van der Waals surface area contributed by atoms with Gasteiger partial charge in [-0.1, -0.05) is 27.7 Å². The Morgan fingerprint density at radius 2 is 2.06 bits per heavy atom. The Morgan fingerprint density at radius 3 is 2.44 bits per heavy atom. The van der Waals surface area contributed by atoms with Crippen LogP contribution in [-0.4, -0.2) is 23.8 Å². The van der Waals surface area contributed by atoms with Crippen molar-refractivity contribution >= 4 is 0 Å². The second-order valence-electron chi connectivity index (χ2n) is 6.62. The van der Waals surface area contributed by atoms with Crippen molar-refractivity contribution < 1.29 is 5.11 Å². The molecular formula is C14H27NO. The lowest BCUT2D eigenvalue weighted by Crippen LogP contribution is -2.49. The first kappa shape index (κ1) is 12.4. The molecule has 3 unspecified atom stereocenters. The molecule has 0 radical (unpaired) electrons. The summed E-state index contributed by atoms with van der Waals surface area (Å²) in [5, 5.41) is 13.0. The molecule has 0 amide bonds. The standard InChI is InChI=1S/C14H27NO/c1-5-11(9-16)15-12-8-10-6-7-14(12,4)13(10,2)3/h10-12,15-16H,5-9H2,1-4H3/t10?,11-,12?,14?/m0/s1. The second-order valence-corrected chi connectivity index (χ2v) is 6.62. The molecular weight excluding hydrogens is 198 g/mol. The number of hydrogen-bond donors (Lipinski definition) is 2. The molecule has 2 fully saturated rings. The van der Waals surface area contributed by atoms with Gasteiger partial charge in [0.15, 0.2) is 0 Å². The molecule has 2 rings (SSSR count). The summed E-state index contributed by atoms with van der Waals surface area (Å²) in [5.41, 5.74) is 0.901. The molecule has 0 saturated heterocycles. The van der Waals surface area contributed by atoms with Gasteiger partial charge in [-0.25, -0.2) is 0 Å². The number of rotatable bonds is 4. The van der Waals surface area contributed by atoms with E-state index in [9.17, 15) is 5.11 Å². The number of aliphatic hydroxyl groups is 1. The largest absolute Gasteiger partial charge is 0.395 e. The molecule has 0 aliphatic heterocycles. The maximum absolute atomic E-state index is 9.31. The minimum absolute atomic E-state index is 0.272. The van der Waals surface area contributed by atoms with Crippen LogP contribution in [0.3, 0.4) is 0 Å². The molecule has 2 bridgehead atoms. The highest BCUT2D eigenvalue weighted by atomic mass is 16.3. The summed E-state index contributed by atoms with van der Waals surface area (Å²) in [5.74, 6) is 0.881. The monoisotopic (exact) mass is 225 g/mol. The highest BCUT2D eigenvalue weighted by molar-refractivity contribution is 5.13. The average Bonchev–Trinajstić information content (AvgIpc) is 2.58. The topological polar surface area (TPSA) is 32.3 Å². The molecule has 16 heavy (non-hydrogen) atoms. The molecule has 0 aromatic rings. The first-order valence-electron chi connectivity index (χ1n) is 6.82. The van der Waals surface area contributed by atoms with Crippen LogP contribution < -0.4 is 5.32 Å². The summed E-state index contributed by atoms with van der Waals surface area (Å²) in [7, 11) is 0. The molecule has 0 heterocycles. The zero-order valence-corrected chi connectivity index (χ0v) is 11.2. The van der Waals surface area contributed by atoms with Crippen molar-refractivity contribution in [3.05, 3.63) is 0 Å². The van der Waals surface area contributed by atoms with Crippen LogP contribution in [0.2, 0.25) is 0 Å². The minimum Gasteiger partial charge on any atom is -0.395 e. The Morgan fingerprint density at radius 1 is 1.38 bits per heavy atom. The molecule has 2 N–H and O–H groups in total. The maximum Gasteiger partial charge on any atom is 0.0584 e. The van der Waals surface area contributed by atoms with Crippen LogP contribution in [0, 0.1) is 16.7 Å². The molecule has 94 valence electrons. The predicted molar refractivity (Wildman–Crippen MR) is 67.3 cm³/mol. The molecule has 2 saturated carbocycles. The second kappa shape index (κ2) is 3.99. The lowest BCUT2D eigenvalue weighted by atomic mass is 9.69. The van der Waals surface area contributed by atoms with Crippen LogP contribution >= 0.6 is 0 Å². The molecule has 2 heteroatoms. The van der Waals surface area contributed by atoms with Gasteiger partial charge < -0.3 is 10.4 Å². The smallest absolute Gasteiger partial charge is 0.0584 e. The third kappa shape index (κ3) is 1.53. The fourth-order valence-electron chi connectivity index (χ4n) is 4.04. The number of nitrogens with one attached hydrogen (secondary N) is 1. The molecule has 2 aliphatic rings. The van der Waals surface area contributed by atoms with Crippen molar-refractivity contribution in [2.45, 2.75) is 65.5 Å². The SMILES string of the molecule is CC[C@@H](CO)NC1CC2CCC1(C)C2(C)C. The van der Waals surface area contributed by atoms with E-state index in [0.29, 0.717) is 16.9 Å². The zero-order valence-electron chi connectivity index (χ0n) is 11.2. The summed E-state index contributed by atoms with van der Waals surface area (Å²) in [6.45, 7) is 9.74. The summed E-state index contributed by atoms with van der Waals surface area (Å²) in [4.78, 5) is 0. The van der Waals surface area contributed by atoms with E-state index < -0.39 is 0 Å². The third-order valence-corrected chi connectivity index (χ3v) is 5.94. The van der Waals surface area contributed by atoms with Gasteiger partial charge in [-0.15, -0.1) is 0 Å². The van der Waals surface area contributed by atoms with Crippen LogP contribution in [0.5, 0.6) is 0 Å². The van der Waals surface area contributed by atoms with Gasteiger partial charge in [-0.05, 0) is 42.4 Å². The van der Waals surface area contributed by atoms with E-state index in [2.05, 4.69) is 33.0 Å². The molecule has 0 spiro atoms. The van der Waals surface area contributed by atoms with Gasteiger partial charge in [-0.3, -0.25) is 0 Å². The first-order valence-corrected chi connectivity index (χ1v) is 6.82. The molecule has 0 aromatic heterocycles. The van der Waals surface area contributed by atoms with Gasteiger partial charge in [-0.2, -0.15) is 0 Å². The van der Waals surface area contributed by atoms with Gasteiger partial charge in [0, 0.05) is 12.1 Å². The van der Waals surface area contributed by atoms with Crippen LogP contribution in [0.4, 0.5) is 0 Å². The lowest BCUT2D eigenvalue weighted by molar-refractivity contribution is 0.106. The Bertz CT molecular complexity index is 259. The third-order valence-electron chi connectivity index (χ3n) is 5.94. The summed E-state index contributed by atoms with van der Waals surface area (Å²) < 4.78 is 0. The van der Waals surface area contributed by atoms with Crippen LogP contribution in [0.25, 0.3) is 0 Å². The van der Waals surface area contributed by atoms with E-state index in [0.717, 1.165) is 12.3 Å². The predicted octanol–water partition coefficient (Wildman–Crippen LogP) is 2.56. The highest BCUT2D eigenvalue weighted by Crippen LogP contribution is 2.65. The van der Waals surface area contributed by atoms with E-state index in [4.69, 9.17) is 0 Å². The molecule has 4 atom stereocenters. The number of fused-ring (bicyclic) bond motifs is 2. The van der Waals surface area contributed by atoms with Crippen LogP contribution in [0.15, 0.2) is 0 Å². The molecule has 0 aromatic carbocycles. The molecule has 2 nitrogen and oxygen atoms in total. The molecule has 2 aliphatic carbocycles. The van der Waals surface area contributed by atoms with Crippen molar-refractivity contribution in [1.29, 1.82) is 0 Å². The Hall–Kier alpha value is -0.0800. The number of hydrogen-bond acceptors (Lipinski definition) is 2. The summed E-state index contributed by atoms with van der Waals surface area (Å²) in [6.07, 6.45) is 5.08. The van der Waals surface area contributed by atoms with E-state index in [1.807, 2.05) is 0 Å². The first-order chi connectivity index (χ1) is 7.45. The van der Waals surface area contributed by atoms with Crippen molar-refractivity contribution in [3.8, 4) is 0 Å². The minimum atomic E-state index is 0.272. The van der Waals surface area contributed by atoms with E-state index in [1.54, 1.807) is 0 Å². The van der Waals surface area contributed by atoms with Gasteiger partial charge in [0.1, 0.15) is 0 Å². The fraction of sp³-hybridized carbons (Fsp3) is 1.00.